The molecule has 0 bridgehead atoms. The maximum absolute atomic E-state index is 12.8. The van der Waals surface area contributed by atoms with Crippen LogP contribution < -0.4 is 5.32 Å². The van der Waals surface area contributed by atoms with Crippen molar-refractivity contribution in [1.82, 2.24) is 9.38 Å². The van der Waals surface area contributed by atoms with Crippen LogP contribution in [-0.2, 0) is 12.7 Å². The monoisotopic (exact) mass is 331 g/mol. The standard InChI is InChI=1S/C13H9ClF3N3S/c14-11-2-1-8(5-10(11)13(15,16)17)18-6-9-7-20-3-4-21-12(20)19-9/h1-5,7,18H,6H2. The van der Waals surface area contributed by atoms with Crippen molar-refractivity contribution in [2.75, 3.05) is 5.32 Å². The maximum atomic E-state index is 12.8. The molecule has 2 heterocycles. The number of alkyl halides is 3. The Hall–Kier alpha value is -1.73. The van der Waals surface area contributed by atoms with Gasteiger partial charge in [0.15, 0.2) is 4.96 Å². The average Bonchev–Trinajstić information content (AvgIpc) is 2.97. The minimum absolute atomic E-state index is 0.310. The maximum Gasteiger partial charge on any atom is 0.417 e. The number of nitrogens with one attached hydrogen (secondary N) is 1. The molecular formula is C13H9ClF3N3S. The highest BCUT2D eigenvalue weighted by molar-refractivity contribution is 7.15. The Labute approximate surface area is 127 Å². The lowest BCUT2D eigenvalue weighted by molar-refractivity contribution is -0.137. The first kappa shape index (κ1) is 14.2. The summed E-state index contributed by atoms with van der Waals surface area (Å²) in [5.41, 5.74) is 0.258. The van der Waals surface area contributed by atoms with Gasteiger partial charge in [-0.2, -0.15) is 13.2 Å². The fourth-order valence-electron chi connectivity index (χ4n) is 1.91. The first-order valence-electron chi connectivity index (χ1n) is 5.95. The summed E-state index contributed by atoms with van der Waals surface area (Å²) >= 11 is 7.07. The summed E-state index contributed by atoms with van der Waals surface area (Å²) < 4.78 is 40.2. The van der Waals surface area contributed by atoms with Crippen LogP contribution in [0.2, 0.25) is 5.02 Å². The molecule has 0 aliphatic rings. The van der Waals surface area contributed by atoms with Crippen molar-refractivity contribution in [1.29, 1.82) is 0 Å². The summed E-state index contributed by atoms with van der Waals surface area (Å²) in [6.07, 6.45) is -0.758. The predicted octanol–water partition coefficient (Wildman–Crippen LogP) is 4.68. The fraction of sp³-hybridized carbons (Fsp3) is 0.154. The number of halogens is 4. The van der Waals surface area contributed by atoms with Gasteiger partial charge >= 0.3 is 6.18 Å². The number of nitrogens with zero attached hydrogens (tertiary/aromatic N) is 2. The van der Waals surface area contributed by atoms with Crippen molar-refractivity contribution in [3.8, 4) is 0 Å². The largest absolute Gasteiger partial charge is 0.417 e. The predicted molar refractivity (Wildman–Crippen MR) is 76.8 cm³/mol. The van der Waals surface area contributed by atoms with Gasteiger partial charge in [0, 0.05) is 23.5 Å². The summed E-state index contributed by atoms with van der Waals surface area (Å²) in [6.45, 7) is 0.341. The minimum atomic E-state index is -4.47. The normalized spacial score (nSPS) is 12.0. The third-order valence-corrected chi connectivity index (χ3v) is 3.99. The van der Waals surface area contributed by atoms with E-state index in [1.165, 1.54) is 23.5 Å². The lowest BCUT2D eigenvalue weighted by Crippen LogP contribution is -2.07. The van der Waals surface area contributed by atoms with Crippen LogP contribution in [0.4, 0.5) is 18.9 Å². The highest BCUT2D eigenvalue weighted by Crippen LogP contribution is 2.36. The van der Waals surface area contributed by atoms with E-state index in [0.717, 1.165) is 16.7 Å². The van der Waals surface area contributed by atoms with E-state index in [4.69, 9.17) is 11.6 Å². The van der Waals surface area contributed by atoms with Crippen LogP contribution in [0.3, 0.4) is 0 Å². The van der Waals surface area contributed by atoms with Gasteiger partial charge in [0.2, 0.25) is 0 Å². The van der Waals surface area contributed by atoms with Crippen LogP contribution in [0.15, 0.2) is 36.0 Å². The smallest absolute Gasteiger partial charge is 0.379 e. The number of anilines is 1. The van der Waals surface area contributed by atoms with Crippen LogP contribution in [0.5, 0.6) is 0 Å². The number of aromatic nitrogens is 2. The lowest BCUT2D eigenvalue weighted by Gasteiger charge is -2.11. The number of fused-ring (bicyclic) bond motifs is 1. The second-order valence-corrected chi connectivity index (χ2v) is 5.65. The zero-order chi connectivity index (χ0) is 15.0. The molecule has 3 aromatic rings. The Bertz CT molecular complexity index is 750. The van der Waals surface area contributed by atoms with Gasteiger partial charge < -0.3 is 5.32 Å². The Morgan fingerprint density at radius 2 is 2.14 bits per heavy atom. The van der Waals surface area contributed by atoms with Gasteiger partial charge in [0.05, 0.1) is 22.8 Å². The number of hydrogen-bond donors (Lipinski definition) is 1. The quantitative estimate of drug-likeness (QED) is 0.755. The molecule has 0 atom stereocenters. The van der Waals surface area contributed by atoms with Crippen LogP contribution >= 0.6 is 22.9 Å². The first-order valence-corrected chi connectivity index (χ1v) is 7.21. The van der Waals surface area contributed by atoms with E-state index in [1.807, 2.05) is 22.2 Å². The molecule has 0 unspecified atom stereocenters. The average molecular weight is 332 g/mol. The van der Waals surface area contributed by atoms with Gasteiger partial charge in [-0.25, -0.2) is 4.98 Å². The van der Waals surface area contributed by atoms with Crippen molar-refractivity contribution in [2.45, 2.75) is 12.7 Å². The van der Waals surface area contributed by atoms with Crippen molar-refractivity contribution >= 4 is 33.6 Å². The van der Waals surface area contributed by atoms with Crippen molar-refractivity contribution in [3.63, 3.8) is 0 Å². The van der Waals surface area contributed by atoms with Crippen molar-refractivity contribution in [3.05, 3.63) is 52.3 Å². The molecule has 3 rings (SSSR count). The third-order valence-electron chi connectivity index (χ3n) is 2.89. The molecule has 0 aliphatic heterocycles. The van der Waals surface area contributed by atoms with Crippen molar-refractivity contribution in [2.24, 2.45) is 0 Å². The topological polar surface area (TPSA) is 29.3 Å². The van der Waals surface area contributed by atoms with E-state index in [1.54, 1.807) is 0 Å². The van der Waals surface area contributed by atoms with Gasteiger partial charge in [-0.3, -0.25) is 4.40 Å². The van der Waals surface area contributed by atoms with Crippen molar-refractivity contribution < 1.29 is 13.2 Å². The molecule has 110 valence electrons. The molecule has 3 nitrogen and oxygen atoms in total. The van der Waals surface area contributed by atoms with E-state index in [9.17, 15) is 13.2 Å². The molecule has 0 aliphatic carbocycles. The second kappa shape index (κ2) is 5.23. The van der Waals surface area contributed by atoms with Gasteiger partial charge in [-0.1, -0.05) is 11.6 Å². The summed E-state index contributed by atoms with van der Waals surface area (Å²) in [5.74, 6) is 0. The molecule has 8 heteroatoms. The molecule has 0 amide bonds. The SMILES string of the molecule is FC(F)(F)c1cc(NCc2cn3ccsc3n2)ccc1Cl. The molecule has 0 saturated carbocycles. The van der Waals surface area contributed by atoms with Crippen LogP contribution in [-0.4, -0.2) is 9.38 Å². The highest BCUT2D eigenvalue weighted by Gasteiger charge is 2.33. The van der Waals surface area contributed by atoms with Crippen LogP contribution in [0, 0.1) is 0 Å². The lowest BCUT2D eigenvalue weighted by atomic mass is 10.2. The second-order valence-electron chi connectivity index (χ2n) is 4.37. The molecule has 21 heavy (non-hydrogen) atoms. The van der Waals surface area contributed by atoms with E-state index in [0.29, 0.717) is 12.2 Å². The first-order chi connectivity index (χ1) is 9.93. The van der Waals surface area contributed by atoms with Crippen LogP contribution in [0.25, 0.3) is 4.96 Å². The summed E-state index contributed by atoms with van der Waals surface area (Å²) in [6, 6.07) is 3.75. The van der Waals surface area contributed by atoms with E-state index < -0.39 is 11.7 Å². The molecule has 1 aromatic carbocycles. The highest BCUT2D eigenvalue weighted by atomic mass is 35.5. The number of hydrogen-bond acceptors (Lipinski definition) is 3. The Morgan fingerprint density at radius 1 is 1.33 bits per heavy atom. The zero-order valence-electron chi connectivity index (χ0n) is 10.5. The summed E-state index contributed by atoms with van der Waals surface area (Å²) in [5, 5.41) is 4.52. The number of thiazole rings is 1. The number of rotatable bonds is 3. The third kappa shape index (κ3) is 2.98. The zero-order valence-corrected chi connectivity index (χ0v) is 12.1. The molecule has 0 radical (unpaired) electrons. The Morgan fingerprint density at radius 3 is 2.86 bits per heavy atom. The van der Waals surface area contributed by atoms with Gasteiger partial charge in [-0.05, 0) is 18.2 Å². The Balaban J connectivity index is 1.77. The minimum Gasteiger partial charge on any atom is -0.379 e. The summed E-state index contributed by atoms with van der Waals surface area (Å²) in [7, 11) is 0. The number of benzene rings is 1. The number of imidazole rings is 1. The van der Waals surface area contributed by atoms with Gasteiger partial charge in [-0.15, -0.1) is 11.3 Å². The molecular weight excluding hydrogens is 323 g/mol. The van der Waals surface area contributed by atoms with E-state index in [-0.39, 0.29) is 5.02 Å². The molecule has 1 N–H and O–H groups in total. The molecule has 0 spiro atoms. The Kier molecular flexibility index (Phi) is 3.54. The molecule has 2 aromatic heterocycles. The van der Waals surface area contributed by atoms with Crippen LogP contribution in [0.1, 0.15) is 11.3 Å². The fourth-order valence-corrected chi connectivity index (χ4v) is 2.85. The molecule has 0 saturated heterocycles. The van der Waals surface area contributed by atoms with E-state index in [2.05, 4.69) is 10.3 Å². The van der Waals surface area contributed by atoms with Gasteiger partial charge in [0.25, 0.3) is 0 Å². The summed E-state index contributed by atoms with van der Waals surface area (Å²) in [4.78, 5) is 5.19. The van der Waals surface area contributed by atoms with Gasteiger partial charge in [0.1, 0.15) is 0 Å². The van der Waals surface area contributed by atoms with E-state index >= 15 is 0 Å². The molecule has 0 fully saturated rings.